The fourth-order valence-corrected chi connectivity index (χ4v) is 4.43. The number of hydrogen-bond acceptors (Lipinski definition) is 6. The normalized spacial score (nSPS) is 20.7. The molecule has 2 aliphatic rings. The van der Waals surface area contributed by atoms with Crippen LogP contribution in [0.3, 0.4) is 0 Å². The molecule has 0 bridgehead atoms. The molecular weight excluding hydrogens is 342 g/mol. The zero-order valence-electron chi connectivity index (χ0n) is 16.7. The Kier molecular flexibility index (Phi) is 5.10. The summed E-state index contributed by atoms with van der Waals surface area (Å²) < 4.78 is 17.1. The number of fused-ring (bicyclic) bond motifs is 1. The second-order valence-electron chi connectivity index (χ2n) is 7.56. The highest BCUT2D eigenvalue weighted by Crippen LogP contribution is 2.38. The Balaban J connectivity index is 1.56. The molecule has 0 N–H and O–H groups in total. The maximum absolute atomic E-state index is 6.03. The van der Waals surface area contributed by atoms with Gasteiger partial charge in [0.2, 0.25) is 5.89 Å². The summed E-state index contributed by atoms with van der Waals surface area (Å²) in [5.74, 6) is 3.05. The first-order chi connectivity index (χ1) is 13.1. The molecule has 2 saturated heterocycles. The van der Waals surface area contributed by atoms with Gasteiger partial charge in [0.15, 0.2) is 0 Å². The Morgan fingerprint density at radius 3 is 2.78 bits per heavy atom. The van der Waals surface area contributed by atoms with Crippen molar-refractivity contribution in [3.05, 3.63) is 29.2 Å². The van der Waals surface area contributed by atoms with E-state index in [1.54, 1.807) is 14.2 Å². The number of aromatic nitrogens is 1. The molecule has 2 fully saturated rings. The molecule has 2 aliphatic heterocycles. The number of oxazole rings is 1. The number of piperazine rings is 1. The molecule has 0 amide bonds. The third kappa shape index (κ3) is 3.44. The lowest BCUT2D eigenvalue weighted by molar-refractivity contribution is 0.0982. The number of nitrogens with zero attached hydrogens (tertiary/aromatic N) is 3. The Morgan fingerprint density at radius 1 is 1.15 bits per heavy atom. The van der Waals surface area contributed by atoms with E-state index in [0.29, 0.717) is 5.89 Å². The highest BCUT2D eigenvalue weighted by Gasteiger charge is 2.31. The third-order valence-electron chi connectivity index (χ3n) is 5.95. The van der Waals surface area contributed by atoms with Crippen molar-refractivity contribution in [1.82, 2.24) is 14.8 Å². The molecule has 4 rings (SSSR count). The van der Waals surface area contributed by atoms with Crippen LogP contribution in [-0.2, 0) is 6.54 Å². The van der Waals surface area contributed by atoms with Crippen LogP contribution in [0.2, 0.25) is 0 Å². The first-order valence-corrected chi connectivity index (χ1v) is 9.75. The average Bonchev–Trinajstić information content (AvgIpc) is 3.28. The van der Waals surface area contributed by atoms with Gasteiger partial charge in [0.05, 0.1) is 25.5 Å². The van der Waals surface area contributed by atoms with Crippen molar-refractivity contribution in [1.29, 1.82) is 0 Å². The van der Waals surface area contributed by atoms with E-state index in [1.165, 1.54) is 25.9 Å². The standard InChI is InChI=1S/C21H29N3O3/c1-14-19(25-3)8-7-17(20(14)26-4)21-22-18(15(2)27-21)13-23-10-11-24-9-5-6-16(24)12-23/h7-8,16H,5-6,9-13H2,1-4H3. The fraction of sp³-hybridized carbons (Fsp3) is 0.571. The van der Waals surface area contributed by atoms with Crippen molar-refractivity contribution in [2.75, 3.05) is 40.4 Å². The van der Waals surface area contributed by atoms with Crippen molar-refractivity contribution in [3.8, 4) is 23.0 Å². The summed E-state index contributed by atoms with van der Waals surface area (Å²) in [4.78, 5) is 9.96. The maximum Gasteiger partial charge on any atom is 0.230 e. The molecule has 1 aromatic carbocycles. The van der Waals surface area contributed by atoms with E-state index in [4.69, 9.17) is 18.9 Å². The minimum Gasteiger partial charge on any atom is -0.496 e. The first-order valence-electron chi connectivity index (χ1n) is 9.75. The highest BCUT2D eigenvalue weighted by molar-refractivity contribution is 5.68. The molecule has 6 nitrogen and oxygen atoms in total. The molecule has 0 spiro atoms. The van der Waals surface area contributed by atoms with Gasteiger partial charge in [-0.1, -0.05) is 0 Å². The molecule has 0 aliphatic carbocycles. The summed E-state index contributed by atoms with van der Waals surface area (Å²) in [5.41, 5.74) is 2.84. The zero-order chi connectivity index (χ0) is 19.0. The van der Waals surface area contributed by atoms with Crippen LogP contribution in [0.15, 0.2) is 16.5 Å². The van der Waals surface area contributed by atoms with Crippen LogP contribution in [0.1, 0.15) is 29.9 Å². The largest absolute Gasteiger partial charge is 0.496 e. The second kappa shape index (κ2) is 7.52. The van der Waals surface area contributed by atoms with Gasteiger partial charge in [-0.2, -0.15) is 0 Å². The third-order valence-corrected chi connectivity index (χ3v) is 5.95. The van der Waals surface area contributed by atoms with Crippen LogP contribution >= 0.6 is 0 Å². The highest BCUT2D eigenvalue weighted by atomic mass is 16.5. The number of ether oxygens (including phenoxy) is 2. The second-order valence-corrected chi connectivity index (χ2v) is 7.56. The number of benzene rings is 1. The lowest BCUT2D eigenvalue weighted by Gasteiger charge is -2.37. The average molecular weight is 371 g/mol. The first kappa shape index (κ1) is 18.3. The number of methoxy groups -OCH3 is 2. The molecule has 146 valence electrons. The molecule has 6 heteroatoms. The Labute approximate surface area is 161 Å². The van der Waals surface area contributed by atoms with Gasteiger partial charge in [-0.05, 0) is 45.4 Å². The van der Waals surface area contributed by atoms with E-state index in [9.17, 15) is 0 Å². The molecule has 1 atom stereocenters. The van der Waals surface area contributed by atoms with Crippen molar-refractivity contribution < 1.29 is 13.9 Å². The smallest absolute Gasteiger partial charge is 0.230 e. The molecule has 1 unspecified atom stereocenters. The Morgan fingerprint density at radius 2 is 2.00 bits per heavy atom. The Bertz CT molecular complexity index is 817. The van der Waals surface area contributed by atoms with Crippen molar-refractivity contribution in [2.24, 2.45) is 0 Å². The van der Waals surface area contributed by atoms with Crippen LogP contribution in [0.5, 0.6) is 11.5 Å². The van der Waals surface area contributed by atoms with E-state index >= 15 is 0 Å². The number of rotatable bonds is 5. The fourth-order valence-electron chi connectivity index (χ4n) is 4.43. The van der Waals surface area contributed by atoms with Crippen LogP contribution in [0.4, 0.5) is 0 Å². The van der Waals surface area contributed by atoms with Gasteiger partial charge in [-0.15, -0.1) is 0 Å². The monoisotopic (exact) mass is 371 g/mol. The summed E-state index contributed by atoms with van der Waals surface area (Å²) in [7, 11) is 3.34. The lowest BCUT2D eigenvalue weighted by Crippen LogP contribution is -2.49. The van der Waals surface area contributed by atoms with Crippen molar-refractivity contribution in [2.45, 2.75) is 39.3 Å². The Hall–Kier alpha value is -2.05. The van der Waals surface area contributed by atoms with Crippen molar-refractivity contribution >= 4 is 0 Å². The van der Waals surface area contributed by atoms with E-state index in [2.05, 4.69) is 9.80 Å². The van der Waals surface area contributed by atoms with E-state index in [1.807, 2.05) is 26.0 Å². The van der Waals surface area contributed by atoms with Gasteiger partial charge in [-0.3, -0.25) is 9.80 Å². The predicted molar refractivity (Wildman–Crippen MR) is 104 cm³/mol. The van der Waals surface area contributed by atoms with Gasteiger partial charge >= 0.3 is 0 Å². The van der Waals surface area contributed by atoms with Crippen LogP contribution in [0.25, 0.3) is 11.5 Å². The topological polar surface area (TPSA) is 51.0 Å². The summed E-state index contributed by atoms with van der Waals surface area (Å²) in [5, 5.41) is 0. The van der Waals surface area contributed by atoms with Gasteiger partial charge in [0, 0.05) is 37.8 Å². The lowest BCUT2D eigenvalue weighted by atomic mass is 10.1. The van der Waals surface area contributed by atoms with Gasteiger partial charge in [-0.25, -0.2) is 4.98 Å². The van der Waals surface area contributed by atoms with Crippen LogP contribution < -0.4 is 9.47 Å². The quantitative estimate of drug-likeness (QED) is 0.804. The summed E-state index contributed by atoms with van der Waals surface area (Å²) >= 11 is 0. The molecule has 2 aromatic rings. The maximum atomic E-state index is 6.03. The molecule has 0 saturated carbocycles. The summed E-state index contributed by atoms with van der Waals surface area (Å²) in [6.45, 7) is 9.49. The van der Waals surface area contributed by atoms with E-state index in [0.717, 1.165) is 59.8 Å². The molecule has 27 heavy (non-hydrogen) atoms. The summed E-state index contributed by atoms with van der Waals surface area (Å²) in [6, 6.07) is 4.61. The SMILES string of the molecule is COc1ccc(-c2nc(CN3CCN4CCCC4C3)c(C)o2)c(OC)c1C. The molecule has 3 heterocycles. The van der Waals surface area contributed by atoms with Crippen LogP contribution in [0, 0.1) is 13.8 Å². The van der Waals surface area contributed by atoms with Gasteiger partial charge in [0.25, 0.3) is 0 Å². The molecule has 0 radical (unpaired) electrons. The zero-order valence-corrected chi connectivity index (χ0v) is 16.7. The van der Waals surface area contributed by atoms with Gasteiger partial charge in [0.1, 0.15) is 17.3 Å². The molecule has 1 aromatic heterocycles. The summed E-state index contributed by atoms with van der Waals surface area (Å²) in [6.07, 6.45) is 2.66. The van der Waals surface area contributed by atoms with E-state index in [-0.39, 0.29) is 0 Å². The van der Waals surface area contributed by atoms with Crippen molar-refractivity contribution in [3.63, 3.8) is 0 Å². The minimum absolute atomic E-state index is 0.615. The van der Waals surface area contributed by atoms with E-state index < -0.39 is 0 Å². The predicted octanol–water partition coefficient (Wildman–Crippen LogP) is 3.26. The molecular formula is C21H29N3O3. The number of aryl methyl sites for hydroxylation is 1. The van der Waals surface area contributed by atoms with Crippen LogP contribution in [-0.4, -0.2) is 61.2 Å². The minimum atomic E-state index is 0.615. The number of hydrogen-bond donors (Lipinski definition) is 0. The van der Waals surface area contributed by atoms with Gasteiger partial charge < -0.3 is 13.9 Å².